The van der Waals surface area contributed by atoms with Crippen molar-refractivity contribution in [2.45, 2.75) is 6.92 Å². The lowest BCUT2D eigenvalue weighted by Gasteiger charge is -2.06. The van der Waals surface area contributed by atoms with Crippen LogP contribution in [0.5, 0.6) is 0 Å². The Morgan fingerprint density at radius 1 is 1.14 bits per heavy atom. The van der Waals surface area contributed by atoms with Gasteiger partial charge >= 0.3 is 0 Å². The van der Waals surface area contributed by atoms with Crippen LogP contribution < -0.4 is 10.6 Å². The molecule has 0 saturated heterocycles. The first kappa shape index (κ1) is 13.1. The molecule has 0 saturated carbocycles. The van der Waals surface area contributed by atoms with E-state index in [0.717, 1.165) is 16.9 Å². The van der Waals surface area contributed by atoms with Crippen molar-refractivity contribution in [3.63, 3.8) is 0 Å². The molecule has 0 atom stereocenters. The number of nitrogens with one attached hydrogen (secondary N) is 2. The topological polar surface area (TPSA) is 58.2 Å². The number of anilines is 2. The van der Waals surface area contributed by atoms with Crippen LogP contribution in [0.4, 0.5) is 11.4 Å². The van der Waals surface area contributed by atoms with E-state index in [-0.39, 0.29) is 11.8 Å². The molecule has 0 bridgehead atoms. The van der Waals surface area contributed by atoms with Gasteiger partial charge in [0.05, 0.1) is 0 Å². The van der Waals surface area contributed by atoms with Gasteiger partial charge in [0, 0.05) is 28.1 Å². The summed E-state index contributed by atoms with van der Waals surface area (Å²) in [6.45, 7) is 1.81. The van der Waals surface area contributed by atoms with Gasteiger partial charge in [-0.25, -0.2) is 0 Å². The second-order valence-corrected chi connectivity index (χ2v) is 4.74. The third-order valence-corrected chi connectivity index (χ3v) is 3.39. The lowest BCUT2D eigenvalue weighted by molar-refractivity contribution is -0.110. The molecule has 4 nitrogen and oxygen atoms in total. The van der Waals surface area contributed by atoms with Crippen LogP contribution in [0.15, 0.2) is 54.6 Å². The molecular weight excluding hydrogens is 264 g/mol. The van der Waals surface area contributed by atoms with Gasteiger partial charge in [0.1, 0.15) is 0 Å². The van der Waals surface area contributed by atoms with Crippen LogP contribution >= 0.6 is 0 Å². The first-order valence-corrected chi connectivity index (χ1v) is 6.67. The highest BCUT2D eigenvalue weighted by Crippen LogP contribution is 2.32. The molecule has 2 amide bonds. The summed E-state index contributed by atoms with van der Waals surface area (Å²) in [5.41, 5.74) is 3.36. The Bertz CT molecular complexity index is 749. The summed E-state index contributed by atoms with van der Waals surface area (Å²) in [5, 5.41) is 5.61. The fourth-order valence-corrected chi connectivity index (χ4v) is 2.34. The average Bonchev–Trinajstić information content (AvgIpc) is 2.82. The Balaban J connectivity index is 1.90. The van der Waals surface area contributed by atoms with Crippen molar-refractivity contribution in [3.8, 4) is 0 Å². The Kier molecular flexibility index (Phi) is 3.28. The molecule has 0 unspecified atom stereocenters. The maximum atomic E-state index is 12.3. The van der Waals surface area contributed by atoms with Crippen LogP contribution in [0.2, 0.25) is 0 Å². The Morgan fingerprint density at radius 2 is 1.90 bits per heavy atom. The minimum Gasteiger partial charge on any atom is -0.322 e. The van der Waals surface area contributed by atoms with Crippen LogP contribution in [0.25, 0.3) is 5.57 Å². The van der Waals surface area contributed by atoms with Gasteiger partial charge in [-0.15, -0.1) is 0 Å². The number of amides is 2. The van der Waals surface area contributed by atoms with Crippen LogP contribution in [0.3, 0.4) is 0 Å². The van der Waals surface area contributed by atoms with E-state index in [1.165, 1.54) is 0 Å². The number of carbonyl (C=O) groups excluding carboxylic acids is 2. The van der Waals surface area contributed by atoms with Gasteiger partial charge in [-0.2, -0.15) is 0 Å². The number of carbonyl (C=O) groups is 2. The second kappa shape index (κ2) is 5.25. The van der Waals surface area contributed by atoms with Gasteiger partial charge < -0.3 is 10.6 Å². The van der Waals surface area contributed by atoms with E-state index < -0.39 is 0 Å². The zero-order valence-electron chi connectivity index (χ0n) is 11.5. The van der Waals surface area contributed by atoms with Crippen LogP contribution in [0, 0.1) is 0 Å². The number of hydrogen-bond donors (Lipinski definition) is 2. The average molecular weight is 278 g/mol. The molecule has 21 heavy (non-hydrogen) atoms. The van der Waals surface area contributed by atoms with E-state index in [2.05, 4.69) is 10.6 Å². The number of benzene rings is 2. The molecule has 0 radical (unpaired) electrons. The number of fused-ring (bicyclic) bond motifs is 1. The van der Waals surface area contributed by atoms with E-state index in [1.54, 1.807) is 31.2 Å². The summed E-state index contributed by atoms with van der Waals surface area (Å²) >= 11 is 0. The van der Waals surface area contributed by atoms with Gasteiger partial charge in [-0.1, -0.05) is 24.3 Å². The standard InChI is InChI=1S/C17H14N2O2/c1-2-13-14-10-11(8-9-15(14)19-17(13)21)16(20)18-12-6-4-3-5-7-12/h2-10H,1H3,(H,18,20)(H,19,21)/b13-2+. The maximum Gasteiger partial charge on any atom is 0.256 e. The summed E-state index contributed by atoms with van der Waals surface area (Å²) < 4.78 is 0. The van der Waals surface area contributed by atoms with Gasteiger partial charge in [-0.3, -0.25) is 9.59 Å². The normalized spacial score (nSPS) is 14.7. The second-order valence-electron chi connectivity index (χ2n) is 4.74. The van der Waals surface area contributed by atoms with E-state index in [4.69, 9.17) is 0 Å². The van der Waals surface area contributed by atoms with Crippen LogP contribution in [0.1, 0.15) is 22.8 Å². The third kappa shape index (κ3) is 2.43. The molecule has 0 spiro atoms. The quantitative estimate of drug-likeness (QED) is 0.828. The van der Waals surface area contributed by atoms with Crippen LogP contribution in [-0.4, -0.2) is 11.8 Å². The third-order valence-electron chi connectivity index (χ3n) is 3.39. The summed E-state index contributed by atoms with van der Waals surface area (Å²) in [6, 6.07) is 14.5. The lowest BCUT2D eigenvalue weighted by atomic mass is 10.0. The molecule has 3 rings (SSSR count). The highest BCUT2D eigenvalue weighted by atomic mass is 16.2. The van der Waals surface area contributed by atoms with Crippen molar-refractivity contribution in [1.29, 1.82) is 0 Å². The molecule has 0 aliphatic carbocycles. The van der Waals surface area contributed by atoms with E-state index >= 15 is 0 Å². The molecule has 2 aromatic rings. The zero-order valence-corrected chi connectivity index (χ0v) is 11.5. The van der Waals surface area contributed by atoms with E-state index in [1.807, 2.05) is 30.3 Å². The minimum absolute atomic E-state index is 0.131. The van der Waals surface area contributed by atoms with Crippen molar-refractivity contribution in [2.24, 2.45) is 0 Å². The Hall–Kier alpha value is -2.88. The molecule has 2 N–H and O–H groups in total. The molecule has 4 heteroatoms. The van der Waals surface area contributed by atoms with Crippen molar-refractivity contribution >= 4 is 28.8 Å². The van der Waals surface area contributed by atoms with E-state index in [0.29, 0.717) is 11.1 Å². The van der Waals surface area contributed by atoms with Crippen molar-refractivity contribution in [3.05, 3.63) is 65.7 Å². The first-order valence-electron chi connectivity index (χ1n) is 6.67. The largest absolute Gasteiger partial charge is 0.322 e. The highest BCUT2D eigenvalue weighted by molar-refractivity contribution is 6.31. The monoisotopic (exact) mass is 278 g/mol. The molecule has 0 fully saturated rings. The van der Waals surface area contributed by atoms with Gasteiger partial charge in [0.25, 0.3) is 11.8 Å². The van der Waals surface area contributed by atoms with Gasteiger partial charge in [0.15, 0.2) is 0 Å². The summed E-state index contributed by atoms with van der Waals surface area (Å²) in [7, 11) is 0. The molecule has 104 valence electrons. The van der Waals surface area contributed by atoms with Gasteiger partial charge in [-0.05, 0) is 37.3 Å². The zero-order chi connectivity index (χ0) is 14.8. The minimum atomic E-state index is -0.196. The predicted molar refractivity (Wildman–Crippen MR) is 83.1 cm³/mol. The fraction of sp³-hybridized carbons (Fsp3) is 0.0588. The molecule has 1 heterocycles. The van der Waals surface area contributed by atoms with Crippen molar-refractivity contribution in [1.82, 2.24) is 0 Å². The summed E-state index contributed by atoms with van der Waals surface area (Å²) in [4.78, 5) is 24.0. The smallest absolute Gasteiger partial charge is 0.256 e. The molecule has 1 aliphatic rings. The van der Waals surface area contributed by atoms with Crippen LogP contribution in [-0.2, 0) is 4.79 Å². The van der Waals surface area contributed by atoms with E-state index in [9.17, 15) is 9.59 Å². The van der Waals surface area contributed by atoms with Crippen molar-refractivity contribution < 1.29 is 9.59 Å². The molecule has 0 aromatic heterocycles. The SMILES string of the molecule is C/C=C1/C(=O)Nc2ccc(C(=O)Nc3ccccc3)cc21. The Labute approximate surface area is 122 Å². The molecule has 2 aromatic carbocycles. The maximum absolute atomic E-state index is 12.3. The number of hydrogen-bond acceptors (Lipinski definition) is 2. The number of allylic oxidation sites excluding steroid dienone is 1. The number of rotatable bonds is 2. The lowest BCUT2D eigenvalue weighted by Crippen LogP contribution is -2.11. The molecule has 1 aliphatic heterocycles. The number of para-hydroxylation sites is 1. The Morgan fingerprint density at radius 3 is 2.62 bits per heavy atom. The summed E-state index contributed by atoms with van der Waals surface area (Å²) in [5.74, 6) is -0.327. The fourth-order valence-electron chi connectivity index (χ4n) is 2.34. The van der Waals surface area contributed by atoms with Crippen molar-refractivity contribution in [2.75, 3.05) is 10.6 Å². The summed E-state index contributed by atoms with van der Waals surface area (Å²) in [6.07, 6.45) is 1.75. The highest BCUT2D eigenvalue weighted by Gasteiger charge is 2.24. The predicted octanol–water partition coefficient (Wildman–Crippen LogP) is 3.29. The molecular formula is C17H14N2O2. The van der Waals surface area contributed by atoms with Gasteiger partial charge in [0.2, 0.25) is 0 Å². The first-order chi connectivity index (χ1) is 10.2.